The summed E-state index contributed by atoms with van der Waals surface area (Å²) in [6, 6.07) is 3.94. The van der Waals surface area contributed by atoms with Gasteiger partial charge in [0.05, 0.1) is 6.26 Å². The number of nitrogens with zero attached hydrogens (tertiary/aromatic N) is 2. The van der Waals surface area contributed by atoms with Crippen LogP contribution >= 0.6 is 0 Å². The number of rotatable bonds is 4. The zero-order valence-electron chi connectivity index (χ0n) is 12.9. The number of guanidine groups is 1. The summed E-state index contributed by atoms with van der Waals surface area (Å²) in [6.45, 7) is 10.7. The van der Waals surface area contributed by atoms with Gasteiger partial charge in [-0.05, 0) is 37.3 Å². The number of nitrogens with one attached hydrogen (secondary N) is 1. The maximum absolute atomic E-state index is 5.35. The van der Waals surface area contributed by atoms with E-state index in [4.69, 9.17) is 9.41 Å². The number of likely N-dealkylation sites (tertiary alicyclic amines) is 1. The molecule has 1 aromatic rings. The van der Waals surface area contributed by atoms with Gasteiger partial charge in [-0.15, -0.1) is 0 Å². The van der Waals surface area contributed by atoms with E-state index < -0.39 is 0 Å². The minimum atomic E-state index is 0.734. The molecule has 0 saturated carbocycles. The highest BCUT2D eigenvalue weighted by Gasteiger charge is 2.24. The Labute approximate surface area is 122 Å². The fourth-order valence-electron chi connectivity index (χ4n) is 2.61. The Hall–Kier alpha value is -1.45. The van der Waals surface area contributed by atoms with E-state index in [-0.39, 0.29) is 0 Å². The first kappa shape index (κ1) is 14.9. The maximum atomic E-state index is 5.35. The summed E-state index contributed by atoms with van der Waals surface area (Å²) in [5, 5.41) is 3.41. The van der Waals surface area contributed by atoms with Crippen LogP contribution in [0.2, 0.25) is 0 Å². The van der Waals surface area contributed by atoms with Crippen molar-refractivity contribution in [2.45, 2.75) is 33.6 Å². The van der Waals surface area contributed by atoms with Crippen LogP contribution in [0.5, 0.6) is 0 Å². The number of aliphatic imine (C=N–C) groups is 1. The lowest BCUT2D eigenvalue weighted by Gasteiger charge is -2.37. The molecule has 4 heteroatoms. The van der Waals surface area contributed by atoms with E-state index in [1.807, 2.05) is 12.1 Å². The molecule has 0 spiro atoms. The lowest BCUT2D eigenvalue weighted by Crippen LogP contribution is -2.48. The Morgan fingerprint density at radius 3 is 2.95 bits per heavy atom. The third kappa shape index (κ3) is 4.02. The molecule has 0 amide bonds. The predicted molar refractivity (Wildman–Crippen MR) is 82.9 cm³/mol. The van der Waals surface area contributed by atoms with Gasteiger partial charge in [0.15, 0.2) is 5.96 Å². The van der Waals surface area contributed by atoms with Crippen molar-refractivity contribution < 1.29 is 4.42 Å². The van der Waals surface area contributed by atoms with Crippen LogP contribution in [0.3, 0.4) is 0 Å². The Kier molecular flexibility index (Phi) is 5.50. The third-order valence-corrected chi connectivity index (χ3v) is 4.17. The summed E-state index contributed by atoms with van der Waals surface area (Å²) in [7, 11) is 0. The summed E-state index contributed by atoms with van der Waals surface area (Å²) >= 11 is 0. The standard InChI is InChI=1S/C16H27N3O/c1-4-17-16(18-9-7-15-6-5-11-20-15)19-10-8-13(2)14(3)12-19/h5-6,11,13-14H,4,7-10,12H2,1-3H3,(H,17,18). The quantitative estimate of drug-likeness (QED) is 0.679. The van der Waals surface area contributed by atoms with E-state index in [2.05, 4.69) is 31.0 Å². The molecule has 4 nitrogen and oxygen atoms in total. The molecule has 1 N–H and O–H groups in total. The van der Waals surface area contributed by atoms with Gasteiger partial charge in [-0.3, -0.25) is 4.99 Å². The molecule has 112 valence electrons. The van der Waals surface area contributed by atoms with E-state index in [0.29, 0.717) is 0 Å². The molecule has 2 unspecified atom stereocenters. The lowest BCUT2D eigenvalue weighted by atomic mass is 9.89. The van der Waals surface area contributed by atoms with Gasteiger partial charge in [0.25, 0.3) is 0 Å². The molecule has 0 bridgehead atoms. The van der Waals surface area contributed by atoms with Crippen LogP contribution in [0.4, 0.5) is 0 Å². The average Bonchev–Trinajstić information content (AvgIpc) is 2.94. The SMILES string of the molecule is CCNC(=NCCc1ccco1)N1CCC(C)C(C)C1. The molecule has 2 rings (SSSR count). The first-order valence-electron chi connectivity index (χ1n) is 7.76. The van der Waals surface area contributed by atoms with Gasteiger partial charge in [0, 0.05) is 32.6 Å². The lowest BCUT2D eigenvalue weighted by molar-refractivity contribution is 0.200. The fourth-order valence-corrected chi connectivity index (χ4v) is 2.61. The van der Waals surface area contributed by atoms with Gasteiger partial charge >= 0.3 is 0 Å². The van der Waals surface area contributed by atoms with Crippen molar-refractivity contribution in [2.24, 2.45) is 16.8 Å². The second-order valence-electron chi connectivity index (χ2n) is 5.75. The van der Waals surface area contributed by atoms with Crippen molar-refractivity contribution in [1.29, 1.82) is 0 Å². The van der Waals surface area contributed by atoms with Crippen molar-refractivity contribution in [1.82, 2.24) is 10.2 Å². The highest BCUT2D eigenvalue weighted by molar-refractivity contribution is 5.80. The van der Waals surface area contributed by atoms with Gasteiger partial charge < -0.3 is 14.6 Å². The second kappa shape index (κ2) is 7.36. The van der Waals surface area contributed by atoms with Crippen molar-refractivity contribution in [3.05, 3.63) is 24.2 Å². The van der Waals surface area contributed by atoms with Crippen LogP contribution in [0.1, 0.15) is 33.0 Å². The molecule has 0 radical (unpaired) electrons. The first-order chi connectivity index (χ1) is 9.70. The topological polar surface area (TPSA) is 40.8 Å². The molecule has 0 aromatic carbocycles. The summed E-state index contributed by atoms with van der Waals surface area (Å²) in [4.78, 5) is 7.14. The van der Waals surface area contributed by atoms with Gasteiger partial charge in [-0.25, -0.2) is 0 Å². The molecule has 1 aromatic heterocycles. The van der Waals surface area contributed by atoms with E-state index in [1.54, 1.807) is 6.26 Å². The first-order valence-corrected chi connectivity index (χ1v) is 7.76. The van der Waals surface area contributed by atoms with Crippen LogP contribution < -0.4 is 5.32 Å². The second-order valence-corrected chi connectivity index (χ2v) is 5.75. The Morgan fingerprint density at radius 2 is 2.30 bits per heavy atom. The molecular formula is C16H27N3O. The fraction of sp³-hybridized carbons (Fsp3) is 0.688. The van der Waals surface area contributed by atoms with Crippen molar-refractivity contribution in [3.8, 4) is 0 Å². The van der Waals surface area contributed by atoms with Crippen molar-refractivity contribution in [2.75, 3.05) is 26.2 Å². The van der Waals surface area contributed by atoms with Crippen LogP contribution in [0.15, 0.2) is 27.8 Å². The van der Waals surface area contributed by atoms with Crippen LogP contribution in [0, 0.1) is 11.8 Å². The highest BCUT2D eigenvalue weighted by Crippen LogP contribution is 2.22. The molecule has 1 aliphatic rings. The van der Waals surface area contributed by atoms with Gasteiger partial charge in [0.1, 0.15) is 5.76 Å². The van der Waals surface area contributed by atoms with E-state index >= 15 is 0 Å². The Balaban J connectivity index is 1.91. The van der Waals surface area contributed by atoms with Crippen LogP contribution in [-0.2, 0) is 6.42 Å². The van der Waals surface area contributed by atoms with Gasteiger partial charge in [0.2, 0.25) is 0 Å². The molecule has 2 atom stereocenters. The van der Waals surface area contributed by atoms with E-state index in [1.165, 1.54) is 6.42 Å². The molecule has 2 heterocycles. The van der Waals surface area contributed by atoms with Crippen LogP contribution in [0.25, 0.3) is 0 Å². The van der Waals surface area contributed by atoms with Crippen molar-refractivity contribution >= 4 is 5.96 Å². The Morgan fingerprint density at radius 1 is 1.45 bits per heavy atom. The van der Waals surface area contributed by atoms with E-state index in [9.17, 15) is 0 Å². The smallest absolute Gasteiger partial charge is 0.193 e. The summed E-state index contributed by atoms with van der Waals surface area (Å²) in [6.07, 6.45) is 3.84. The average molecular weight is 277 g/mol. The largest absolute Gasteiger partial charge is 0.469 e. The molecule has 20 heavy (non-hydrogen) atoms. The number of piperidine rings is 1. The molecular weight excluding hydrogens is 250 g/mol. The summed E-state index contributed by atoms with van der Waals surface area (Å²) in [5.74, 6) is 3.61. The minimum Gasteiger partial charge on any atom is -0.469 e. The number of furan rings is 1. The summed E-state index contributed by atoms with van der Waals surface area (Å²) < 4.78 is 5.35. The number of hydrogen-bond acceptors (Lipinski definition) is 2. The third-order valence-electron chi connectivity index (χ3n) is 4.17. The predicted octanol–water partition coefficient (Wildman–Crippen LogP) is 2.77. The molecule has 1 aliphatic heterocycles. The monoisotopic (exact) mass is 277 g/mol. The van der Waals surface area contributed by atoms with Gasteiger partial charge in [-0.2, -0.15) is 0 Å². The van der Waals surface area contributed by atoms with E-state index in [0.717, 1.165) is 56.2 Å². The van der Waals surface area contributed by atoms with Crippen molar-refractivity contribution in [3.63, 3.8) is 0 Å². The minimum absolute atomic E-state index is 0.734. The molecule has 1 fully saturated rings. The highest BCUT2D eigenvalue weighted by atomic mass is 16.3. The van der Waals surface area contributed by atoms with Gasteiger partial charge in [-0.1, -0.05) is 13.8 Å². The zero-order chi connectivity index (χ0) is 14.4. The molecule has 0 aliphatic carbocycles. The summed E-state index contributed by atoms with van der Waals surface area (Å²) in [5.41, 5.74) is 0. The van der Waals surface area contributed by atoms with Crippen LogP contribution in [-0.4, -0.2) is 37.0 Å². The molecule has 1 saturated heterocycles. The number of hydrogen-bond donors (Lipinski definition) is 1. The Bertz CT molecular complexity index is 413. The maximum Gasteiger partial charge on any atom is 0.193 e. The zero-order valence-corrected chi connectivity index (χ0v) is 12.9. The normalized spacial score (nSPS) is 23.9.